The zero-order valence-corrected chi connectivity index (χ0v) is 12.7. The van der Waals surface area contributed by atoms with Crippen molar-refractivity contribution in [3.63, 3.8) is 0 Å². The first-order valence-corrected chi connectivity index (χ1v) is 8.18. The van der Waals surface area contributed by atoms with Gasteiger partial charge in [0.1, 0.15) is 0 Å². The molecule has 112 valence electrons. The maximum Gasteiger partial charge on any atom is 0.0706 e. The van der Waals surface area contributed by atoms with E-state index in [1.165, 1.54) is 43.2 Å². The highest BCUT2D eigenvalue weighted by Crippen LogP contribution is 2.32. The zero-order chi connectivity index (χ0) is 14.2. The Kier molecular flexibility index (Phi) is 3.43. The first-order chi connectivity index (χ1) is 10.3. The van der Waals surface area contributed by atoms with Crippen LogP contribution in [-0.2, 0) is 6.54 Å². The Labute approximate surface area is 126 Å². The largest absolute Gasteiger partial charge is 0.310 e. The minimum atomic E-state index is 0.662. The van der Waals surface area contributed by atoms with Crippen LogP contribution in [0.4, 0.5) is 0 Å². The smallest absolute Gasteiger partial charge is 0.0706 e. The quantitative estimate of drug-likeness (QED) is 0.939. The van der Waals surface area contributed by atoms with E-state index in [0.29, 0.717) is 6.04 Å². The molecule has 2 unspecified atom stereocenters. The van der Waals surface area contributed by atoms with Crippen molar-refractivity contribution in [2.45, 2.75) is 56.8 Å². The van der Waals surface area contributed by atoms with E-state index in [2.05, 4.69) is 34.5 Å². The fourth-order valence-corrected chi connectivity index (χ4v) is 4.16. The lowest BCUT2D eigenvalue weighted by molar-refractivity contribution is 0.0482. The number of hydrogen-bond donors (Lipinski definition) is 1. The van der Waals surface area contributed by atoms with Crippen LogP contribution in [0.2, 0.25) is 0 Å². The van der Waals surface area contributed by atoms with Gasteiger partial charge < -0.3 is 10.2 Å². The molecule has 1 N–H and O–H groups in total. The van der Waals surface area contributed by atoms with Crippen LogP contribution in [0.1, 0.15) is 37.7 Å². The molecule has 2 atom stereocenters. The van der Waals surface area contributed by atoms with E-state index < -0.39 is 0 Å². The Morgan fingerprint density at radius 3 is 2.86 bits per heavy atom. The molecule has 21 heavy (non-hydrogen) atoms. The first kappa shape index (κ1) is 13.3. The molecule has 2 aromatic rings. The number of piperidine rings is 2. The van der Waals surface area contributed by atoms with Crippen LogP contribution < -0.4 is 5.32 Å². The molecule has 0 aromatic carbocycles. The number of rotatable bonds is 3. The van der Waals surface area contributed by atoms with Crippen molar-refractivity contribution in [3.8, 4) is 0 Å². The Hall–Kier alpha value is -1.39. The van der Waals surface area contributed by atoms with E-state index in [4.69, 9.17) is 0 Å². The average Bonchev–Trinajstić information content (AvgIpc) is 2.89. The van der Waals surface area contributed by atoms with Gasteiger partial charge in [-0.3, -0.25) is 0 Å². The van der Waals surface area contributed by atoms with Gasteiger partial charge in [0.15, 0.2) is 0 Å². The number of hydrogen-bond acceptors (Lipinski definition) is 3. The molecule has 2 saturated heterocycles. The van der Waals surface area contributed by atoms with Gasteiger partial charge in [-0.2, -0.15) is 5.10 Å². The fourth-order valence-electron chi connectivity index (χ4n) is 4.16. The fraction of sp³-hybridized carbons (Fsp3) is 0.588. The molecule has 4 rings (SSSR count). The maximum atomic E-state index is 4.42. The number of nitrogens with one attached hydrogen (secondary N) is 1. The summed E-state index contributed by atoms with van der Waals surface area (Å²) in [6.07, 6.45) is 10.8. The second-order valence-electron chi connectivity index (χ2n) is 6.65. The van der Waals surface area contributed by atoms with Gasteiger partial charge >= 0.3 is 0 Å². The van der Waals surface area contributed by atoms with Gasteiger partial charge in [0.2, 0.25) is 0 Å². The molecule has 2 fully saturated rings. The molecular formula is C17H24N4. The van der Waals surface area contributed by atoms with Crippen LogP contribution in [-0.4, -0.2) is 39.7 Å². The number of pyridine rings is 1. The molecule has 0 saturated carbocycles. The zero-order valence-electron chi connectivity index (χ0n) is 12.7. The highest BCUT2D eigenvalue weighted by atomic mass is 15.2. The van der Waals surface area contributed by atoms with Crippen LogP contribution >= 0.6 is 0 Å². The monoisotopic (exact) mass is 284 g/mol. The van der Waals surface area contributed by atoms with Gasteiger partial charge in [-0.15, -0.1) is 0 Å². The minimum Gasteiger partial charge on any atom is -0.310 e. The van der Waals surface area contributed by atoms with Crippen LogP contribution in [0.3, 0.4) is 0 Å². The lowest BCUT2D eigenvalue weighted by Crippen LogP contribution is -2.54. The third kappa shape index (κ3) is 2.47. The van der Waals surface area contributed by atoms with E-state index in [9.17, 15) is 0 Å². The first-order valence-electron chi connectivity index (χ1n) is 8.18. The van der Waals surface area contributed by atoms with Crippen molar-refractivity contribution < 1.29 is 0 Å². The molecule has 0 spiro atoms. The predicted octanol–water partition coefficient (Wildman–Crippen LogP) is 2.44. The highest BCUT2D eigenvalue weighted by molar-refractivity contribution is 5.53. The molecule has 0 amide bonds. The third-order valence-corrected chi connectivity index (χ3v) is 5.43. The van der Waals surface area contributed by atoms with Crippen molar-refractivity contribution in [2.75, 3.05) is 7.05 Å². The van der Waals surface area contributed by atoms with E-state index in [1.807, 2.05) is 23.0 Å². The summed E-state index contributed by atoms with van der Waals surface area (Å²) in [6.45, 7) is 0.932. The lowest BCUT2D eigenvalue weighted by atomic mass is 9.82. The predicted molar refractivity (Wildman–Crippen MR) is 84.2 cm³/mol. The van der Waals surface area contributed by atoms with E-state index in [-0.39, 0.29) is 0 Å². The van der Waals surface area contributed by atoms with Gasteiger partial charge in [-0.25, -0.2) is 4.52 Å². The average molecular weight is 284 g/mol. The lowest BCUT2D eigenvalue weighted by Gasteiger charge is -2.47. The summed E-state index contributed by atoms with van der Waals surface area (Å²) in [6, 6.07) is 8.50. The Morgan fingerprint density at radius 2 is 2.05 bits per heavy atom. The maximum absolute atomic E-state index is 4.42. The van der Waals surface area contributed by atoms with Crippen LogP contribution in [0, 0.1) is 0 Å². The molecule has 2 bridgehead atoms. The van der Waals surface area contributed by atoms with Gasteiger partial charge in [-0.1, -0.05) is 12.5 Å². The van der Waals surface area contributed by atoms with E-state index in [0.717, 1.165) is 18.6 Å². The molecule has 2 aromatic heterocycles. The minimum absolute atomic E-state index is 0.662. The molecule has 4 heterocycles. The molecule has 4 heteroatoms. The Morgan fingerprint density at radius 1 is 1.24 bits per heavy atom. The molecule has 0 aliphatic carbocycles. The summed E-state index contributed by atoms with van der Waals surface area (Å²) in [4.78, 5) is 2.62. The SMILES string of the molecule is CN1C2CCCC1CC(NCc1cnn3ccccc13)C2. The molecule has 4 nitrogen and oxygen atoms in total. The Bertz CT molecular complexity index is 606. The van der Waals surface area contributed by atoms with Gasteiger partial charge in [0, 0.05) is 36.4 Å². The van der Waals surface area contributed by atoms with Crippen molar-refractivity contribution in [1.29, 1.82) is 0 Å². The number of nitrogens with zero attached hydrogens (tertiary/aromatic N) is 3. The third-order valence-electron chi connectivity index (χ3n) is 5.43. The summed E-state index contributed by atoms with van der Waals surface area (Å²) in [5.41, 5.74) is 2.53. The second kappa shape index (κ2) is 5.43. The van der Waals surface area contributed by atoms with E-state index in [1.54, 1.807) is 0 Å². The van der Waals surface area contributed by atoms with Crippen molar-refractivity contribution >= 4 is 5.52 Å². The van der Waals surface area contributed by atoms with Gasteiger partial charge in [0.05, 0.1) is 11.7 Å². The summed E-state index contributed by atoms with van der Waals surface area (Å²) in [5, 5.41) is 8.21. The number of aromatic nitrogens is 2. The molecule has 2 aliphatic rings. The summed E-state index contributed by atoms with van der Waals surface area (Å²) >= 11 is 0. The summed E-state index contributed by atoms with van der Waals surface area (Å²) < 4.78 is 1.96. The molecular weight excluding hydrogens is 260 g/mol. The summed E-state index contributed by atoms with van der Waals surface area (Å²) in [7, 11) is 2.32. The standard InChI is InChI=1S/C17H24N4/c1-20-15-5-4-6-16(20)10-14(9-15)18-11-13-12-19-21-8-3-2-7-17(13)21/h2-3,7-8,12,14-16,18H,4-6,9-11H2,1H3. The van der Waals surface area contributed by atoms with E-state index >= 15 is 0 Å². The van der Waals surface area contributed by atoms with Crippen molar-refractivity contribution in [1.82, 2.24) is 19.8 Å². The molecule has 0 radical (unpaired) electrons. The highest BCUT2D eigenvalue weighted by Gasteiger charge is 2.35. The van der Waals surface area contributed by atoms with Crippen LogP contribution in [0.15, 0.2) is 30.6 Å². The molecule has 2 aliphatic heterocycles. The van der Waals surface area contributed by atoms with Gasteiger partial charge in [0.25, 0.3) is 0 Å². The van der Waals surface area contributed by atoms with Crippen LogP contribution in [0.5, 0.6) is 0 Å². The van der Waals surface area contributed by atoms with Crippen LogP contribution in [0.25, 0.3) is 5.52 Å². The van der Waals surface area contributed by atoms with Gasteiger partial charge in [-0.05, 0) is 44.9 Å². The van der Waals surface area contributed by atoms with Crippen molar-refractivity contribution in [2.24, 2.45) is 0 Å². The number of fused-ring (bicyclic) bond motifs is 3. The normalized spacial score (nSPS) is 29.9. The van der Waals surface area contributed by atoms with Crippen molar-refractivity contribution in [3.05, 3.63) is 36.2 Å². The second-order valence-corrected chi connectivity index (χ2v) is 6.65. The summed E-state index contributed by atoms with van der Waals surface area (Å²) in [5.74, 6) is 0. The Balaban J connectivity index is 1.43. The topological polar surface area (TPSA) is 32.6 Å².